The fourth-order valence-electron chi connectivity index (χ4n) is 2.54. The van der Waals surface area contributed by atoms with Crippen molar-refractivity contribution in [2.45, 2.75) is 6.92 Å². The monoisotopic (exact) mass is 333 g/mol. The number of halogens is 1. The molecule has 3 rings (SSSR count). The Balaban J connectivity index is 1.92. The summed E-state index contributed by atoms with van der Waals surface area (Å²) < 4.78 is 14.0. The number of amides is 1. The second-order valence-corrected chi connectivity index (χ2v) is 5.68. The van der Waals surface area contributed by atoms with E-state index in [-0.39, 0.29) is 22.6 Å². The largest absolute Gasteiger partial charge is 0.319 e. The highest BCUT2D eigenvalue weighted by Crippen LogP contribution is 2.19. The summed E-state index contributed by atoms with van der Waals surface area (Å²) in [6.07, 6.45) is 0. The molecule has 3 aromatic carbocycles. The minimum atomic E-state index is -0.525. The predicted molar refractivity (Wildman–Crippen MR) is 95.4 cm³/mol. The van der Waals surface area contributed by atoms with Crippen LogP contribution in [-0.2, 0) is 0 Å². The molecule has 3 aromatic rings. The molecule has 0 radical (unpaired) electrons. The van der Waals surface area contributed by atoms with Crippen molar-refractivity contribution in [3.05, 3.63) is 101 Å². The first-order valence-corrected chi connectivity index (χ1v) is 7.82. The lowest BCUT2D eigenvalue weighted by atomic mass is 9.98. The third-order valence-corrected chi connectivity index (χ3v) is 3.83. The lowest BCUT2D eigenvalue weighted by Gasteiger charge is -2.10. The highest BCUT2D eigenvalue weighted by Gasteiger charge is 2.18. The van der Waals surface area contributed by atoms with Crippen LogP contribution in [0, 0.1) is 12.7 Å². The maximum absolute atomic E-state index is 14.0. The zero-order chi connectivity index (χ0) is 17.8. The number of nitrogens with one attached hydrogen (secondary N) is 1. The summed E-state index contributed by atoms with van der Waals surface area (Å²) in [5.74, 6) is -1.29. The number of hydrogen-bond donors (Lipinski definition) is 1. The van der Waals surface area contributed by atoms with Crippen LogP contribution in [0.2, 0.25) is 0 Å². The van der Waals surface area contributed by atoms with Gasteiger partial charge in [0.05, 0.1) is 11.3 Å². The van der Waals surface area contributed by atoms with E-state index in [4.69, 9.17) is 0 Å². The molecule has 0 unspecified atom stereocenters. The summed E-state index contributed by atoms with van der Waals surface area (Å²) in [5, 5.41) is 2.53. The average Bonchev–Trinajstić information content (AvgIpc) is 2.64. The highest BCUT2D eigenvalue weighted by molar-refractivity contribution is 6.17. The van der Waals surface area contributed by atoms with Crippen LogP contribution in [0.5, 0.6) is 0 Å². The molecule has 1 amide bonds. The van der Waals surface area contributed by atoms with Crippen molar-refractivity contribution in [3.8, 4) is 0 Å². The van der Waals surface area contributed by atoms with Crippen LogP contribution >= 0.6 is 0 Å². The van der Waals surface area contributed by atoms with Gasteiger partial charge in [-0.3, -0.25) is 9.59 Å². The van der Waals surface area contributed by atoms with Gasteiger partial charge in [0.1, 0.15) is 5.82 Å². The Morgan fingerprint density at radius 1 is 0.840 bits per heavy atom. The van der Waals surface area contributed by atoms with E-state index in [9.17, 15) is 14.0 Å². The van der Waals surface area contributed by atoms with E-state index in [0.717, 1.165) is 5.56 Å². The van der Waals surface area contributed by atoms with Gasteiger partial charge in [-0.05, 0) is 30.7 Å². The lowest BCUT2D eigenvalue weighted by molar-refractivity contribution is 0.0996. The quantitative estimate of drug-likeness (QED) is 0.708. The van der Waals surface area contributed by atoms with Crippen LogP contribution in [0.4, 0.5) is 10.1 Å². The minimum Gasteiger partial charge on any atom is -0.319 e. The van der Waals surface area contributed by atoms with Crippen molar-refractivity contribution < 1.29 is 14.0 Å². The summed E-state index contributed by atoms with van der Waals surface area (Å²) in [7, 11) is 0. The summed E-state index contributed by atoms with van der Waals surface area (Å²) in [6, 6.07) is 19.8. The Bertz CT molecular complexity index is 936. The molecule has 0 saturated heterocycles. The third-order valence-electron chi connectivity index (χ3n) is 3.83. The molecular weight excluding hydrogens is 317 g/mol. The normalized spacial score (nSPS) is 10.3. The van der Waals surface area contributed by atoms with Crippen LogP contribution in [0.1, 0.15) is 31.8 Å². The lowest BCUT2D eigenvalue weighted by Crippen LogP contribution is -2.17. The van der Waals surface area contributed by atoms with Gasteiger partial charge in [0.2, 0.25) is 0 Å². The molecule has 4 heteroatoms. The number of carbonyl (C=O) groups is 2. The van der Waals surface area contributed by atoms with Crippen LogP contribution in [-0.4, -0.2) is 11.7 Å². The molecule has 0 bridgehead atoms. The molecule has 0 spiro atoms. The molecule has 25 heavy (non-hydrogen) atoms. The molecule has 0 aromatic heterocycles. The predicted octanol–water partition coefficient (Wildman–Crippen LogP) is 4.62. The molecule has 1 N–H and O–H groups in total. The first kappa shape index (κ1) is 16.6. The van der Waals surface area contributed by atoms with E-state index in [0.29, 0.717) is 5.56 Å². The van der Waals surface area contributed by atoms with Crippen molar-refractivity contribution >= 4 is 17.4 Å². The first-order chi connectivity index (χ1) is 12.1. The second-order valence-electron chi connectivity index (χ2n) is 5.68. The molecule has 0 aliphatic rings. The van der Waals surface area contributed by atoms with Gasteiger partial charge >= 0.3 is 0 Å². The fraction of sp³-hybridized carbons (Fsp3) is 0.0476. The van der Waals surface area contributed by atoms with Crippen molar-refractivity contribution in [3.63, 3.8) is 0 Å². The maximum Gasteiger partial charge on any atom is 0.256 e. The molecule has 0 saturated carbocycles. The van der Waals surface area contributed by atoms with Crippen molar-refractivity contribution in [1.29, 1.82) is 0 Å². The first-order valence-electron chi connectivity index (χ1n) is 7.82. The Hall–Kier alpha value is -3.27. The van der Waals surface area contributed by atoms with Gasteiger partial charge < -0.3 is 5.32 Å². The van der Waals surface area contributed by atoms with E-state index >= 15 is 0 Å². The van der Waals surface area contributed by atoms with Crippen molar-refractivity contribution in [1.82, 2.24) is 0 Å². The van der Waals surface area contributed by atoms with Gasteiger partial charge in [0.15, 0.2) is 5.78 Å². The van der Waals surface area contributed by atoms with E-state index in [1.165, 1.54) is 12.1 Å². The zero-order valence-electron chi connectivity index (χ0n) is 13.6. The van der Waals surface area contributed by atoms with E-state index < -0.39 is 11.7 Å². The molecule has 3 nitrogen and oxygen atoms in total. The van der Waals surface area contributed by atoms with Gasteiger partial charge in [0.25, 0.3) is 5.91 Å². The molecule has 0 fully saturated rings. The number of ketones is 1. The Morgan fingerprint density at radius 3 is 2.16 bits per heavy atom. The second kappa shape index (κ2) is 7.09. The Kier molecular flexibility index (Phi) is 4.70. The smallest absolute Gasteiger partial charge is 0.256 e. The van der Waals surface area contributed by atoms with Gasteiger partial charge in [-0.1, -0.05) is 54.6 Å². The van der Waals surface area contributed by atoms with Crippen molar-refractivity contribution in [2.24, 2.45) is 0 Å². The molecule has 0 atom stereocenters. The Labute approximate surface area is 145 Å². The molecule has 0 aliphatic carbocycles. The van der Waals surface area contributed by atoms with E-state index in [1.807, 2.05) is 6.07 Å². The summed E-state index contributed by atoms with van der Waals surface area (Å²) in [6.45, 7) is 1.77. The number of rotatable bonds is 4. The molecule has 0 aliphatic heterocycles. The van der Waals surface area contributed by atoms with Crippen LogP contribution in [0.15, 0.2) is 72.8 Å². The van der Waals surface area contributed by atoms with Gasteiger partial charge in [-0.15, -0.1) is 0 Å². The highest BCUT2D eigenvalue weighted by atomic mass is 19.1. The SMILES string of the molecule is Cc1ccc(NC(=O)c2ccccc2C(=O)c2ccccc2)c(F)c1. The van der Waals surface area contributed by atoms with E-state index in [1.54, 1.807) is 61.5 Å². The number of anilines is 1. The fourth-order valence-corrected chi connectivity index (χ4v) is 2.54. The van der Waals surface area contributed by atoms with Gasteiger partial charge in [-0.2, -0.15) is 0 Å². The van der Waals surface area contributed by atoms with Gasteiger partial charge in [0, 0.05) is 11.1 Å². The summed E-state index contributed by atoms with van der Waals surface area (Å²) in [4.78, 5) is 25.3. The Morgan fingerprint density at radius 2 is 1.48 bits per heavy atom. The number of benzene rings is 3. The topological polar surface area (TPSA) is 46.2 Å². The standard InChI is InChI=1S/C21H16FNO2/c1-14-11-12-19(18(22)13-14)23-21(25)17-10-6-5-9-16(17)20(24)15-7-3-2-4-8-15/h2-13H,1H3,(H,23,25). The number of hydrogen-bond acceptors (Lipinski definition) is 2. The van der Waals surface area contributed by atoms with Crippen molar-refractivity contribution in [2.75, 3.05) is 5.32 Å². The summed E-state index contributed by atoms with van der Waals surface area (Å²) >= 11 is 0. The number of aryl methyl sites for hydroxylation is 1. The maximum atomic E-state index is 14.0. The van der Waals surface area contributed by atoms with E-state index in [2.05, 4.69) is 5.32 Å². The molecular formula is C21H16FNO2. The van der Waals surface area contributed by atoms with Gasteiger partial charge in [-0.25, -0.2) is 4.39 Å². The number of carbonyl (C=O) groups excluding carboxylic acids is 2. The van der Waals surface area contributed by atoms with Crippen LogP contribution in [0.25, 0.3) is 0 Å². The van der Waals surface area contributed by atoms with Crippen LogP contribution < -0.4 is 5.32 Å². The average molecular weight is 333 g/mol. The zero-order valence-corrected chi connectivity index (χ0v) is 13.6. The summed E-state index contributed by atoms with van der Waals surface area (Å²) in [5.41, 5.74) is 1.81. The van der Waals surface area contributed by atoms with Crippen LogP contribution in [0.3, 0.4) is 0 Å². The molecule has 124 valence electrons. The minimum absolute atomic E-state index is 0.0811. The third kappa shape index (κ3) is 3.63. The molecule has 0 heterocycles.